The number of hydrogen-bond acceptors (Lipinski definition) is 3. The third-order valence-corrected chi connectivity index (χ3v) is 4.58. The van der Waals surface area contributed by atoms with Crippen molar-refractivity contribution in [1.29, 1.82) is 0 Å². The molecule has 3 aromatic carbocycles. The number of hydrogen-bond donors (Lipinski definition) is 2. The minimum atomic E-state index is -4.02. The van der Waals surface area contributed by atoms with E-state index < -0.39 is 10.1 Å². The molecule has 3 aromatic rings. The summed E-state index contributed by atoms with van der Waals surface area (Å²) >= 11 is 5.80. The Morgan fingerprint density at radius 3 is 2.00 bits per heavy atom. The van der Waals surface area contributed by atoms with Gasteiger partial charge in [-0.1, -0.05) is 47.5 Å². The summed E-state index contributed by atoms with van der Waals surface area (Å²) in [6.45, 7) is 1.84. The fourth-order valence-electron chi connectivity index (χ4n) is 2.04. The van der Waals surface area contributed by atoms with E-state index in [1.807, 2.05) is 49.4 Å². The van der Waals surface area contributed by atoms with Gasteiger partial charge >= 0.3 is 0 Å². The van der Waals surface area contributed by atoms with Gasteiger partial charge in [-0.3, -0.25) is 4.55 Å². The second-order valence-electron chi connectivity index (χ2n) is 5.63. The van der Waals surface area contributed by atoms with Crippen molar-refractivity contribution in [1.82, 2.24) is 0 Å². The van der Waals surface area contributed by atoms with Gasteiger partial charge in [0.2, 0.25) is 0 Å². The Bertz CT molecular complexity index is 1000. The molecule has 0 saturated carbocycles. The highest BCUT2D eigenvalue weighted by Gasteiger charge is 2.06. The van der Waals surface area contributed by atoms with E-state index in [1.54, 1.807) is 24.3 Å². The average molecular weight is 403 g/mol. The summed E-state index contributed by atoms with van der Waals surface area (Å²) in [5.74, 6) is 0.489. The molecule has 0 amide bonds. The fraction of sp³-hybridized carbons (Fsp3) is 0.0500. The van der Waals surface area contributed by atoms with Gasteiger partial charge in [-0.05, 0) is 55.5 Å². The second-order valence-corrected chi connectivity index (χ2v) is 7.49. The summed E-state index contributed by atoms with van der Waals surface area (Å²) in [5, 5.41) is 0.691. The zero-order valence-electron chi connectivity index (χ0n) is 14.6. The van der Waals surface area contributed by atoms with Crippen LogP contribution >= 0.6 is 11.6 Å². The predicted molar refractivity (Wildman–Crippen MR) is 109 cm³/mol. The highest BCUT2D eigenvalue weighted by atomic mass is 35.5. The first-order valence-electron chi connectivity index (χ1n) is 7.95. The highest BCUT2D eigenvalue weighted by molar-refractivity contribution is 7.85. The summed E-state index contributed by atoms with van der Waals surface area (Å²) in [5.41, 5.74) is 8.55. The van der Waals surface area contributed by atoms with E-state index in [1.165, 1.54) is 12.1 Å². The van der Waals surface area contributed by atoms with Gasteiger partial charge in [0.15, 0.2) is 0 Å². The molecule has 3 rings (SSSR count). The van der Waals surface area contributed by atoms with Crippen molar-refractivity contribution >= 4 is 33.2 Å². The molecule has 0 aliphatic carbocycles. The predicted octanol–water partition coefficient (Wildman–Crippen LogP) is 4.62. The molecule has 0 unspecified atom stereocenters. The van der Waals surface area contributed by atoms with Crippen LogP contribution in [0.15, 0.2) is 88.8 Å². The number of nitrogens with zero attached hydrogens (tertiary/aromatic N) is 1. The maximum absolute atomic E-state index is 10.5. The maximum atomic E-state index is 10.5. The fourth-order valence-corrected chi connectivity index (χ4v) is 2.64. The molecule has 0 spiro atoms. The largest absolute Gasteiger partial charge is 0.383 e. The SMILES string of the molecule is Cc1ccc(S(=O)(=O)O)cc1.NC(=Nc1ccccc1)c1ccc(Cl)cc1. The van der Waals surface area contributed by atoms with Crippen LogP contribution in [0, 0.1) is 6.92 Å². The van der Waals surface area contributed by atoms with Crippen LogP contribution in [0.25, 0.3) is 0 Å². The van der Waals surface area contributed by atoms with Gasteiger partial charge in [0.1, 0.15) is 5.84 Å². The smallest absolute Gasteiger partial charge is 0.294 e. The molecule has 5 nitrogen and oxygen atoms in total. The molecule has 0 aliphatic rings. The molecule has 7 heteroatoms. The molecule has 140 valence electrons. The van der Waals surface area contributed by atoms with Crippen molar-refractivity contribution in [2.45, 2.75) is 11.8 Å². The molecule has 0 radical (unpaired) electrons. The molecule has 3 N–H and O–H groups in total. The van der Waals surface area contributed by atoms with E-state index in [9.17, 15) is 8.42 Å². The van der Waals surface area contributed by atoms with Crippen molar-refractivity contribution in [2.75, 3.05) is 0 Å². The number of benzene rings is 3. The molecule has 0 fully saturated rings. The first kappa shape index (κ1) is 20.6. The Balaban J connectivity index is 0.000000208. The van der Waals surface area contributed by atoms with Crippen LogP contribution < -0.4 is 5.73 Å². The minimum absolute atomic E-state index is 0.0666. The molecule has 0 saturated heterocycles. The molecule has 0 atom stereocenters. The van der Waals surface area contributed by atoms with E-state index in [0.717, 1.165) is 16.8 Å². The Morgan fingerprint density at radius 2 is 1.48 bits per heavy atom. The van der Waals surface area contributed by atoms with Gasteiger partial charge in [0, 0.05) is 10.6 Å². The van der Waals surface area contributed by atoms with E-state index in [0.29, 0.717) is 10.9 Å². The zero-order chi connectivity index (χ0) is 19.9. The maximum Gasteiger partial charge on any atom is 0.294 e. The van der Waals surface area contributed by atoms with Crippen molar-refractivity contribution in [3.63, 3.8) is 0 Å². The van der Waals surface area contributed by atoms with Crippen LogP contribution in [0.2, 0.25) is 5.02 Å². The summed E-state index contributed by atoms with van der Waals surface area (Å²) in [4.78, 5) is 4.24. The van der Waals surface area contributed by atoms with Crippen LogP contribution in [0.1, 0.15) is 11.1 Å². The van der Waals surface area contributed by atoms with E-state index >= 15 is 0 Å². The molecule has 0 aliphatic heterocycles. The van der Waals surface area contributed by atoms with Crippen LogP contribution in [0.3, 0.4) is 0 Å². The standard InChI is InChI=1S/C13H11ClN2.C7H8O3S/c14-11-8-6-10(7-9-11)13(15)16-12-4-2-1-3-5-12;1-6-2-4-7(5-3-6)11(8,9)10/h1-9H,(H2,15,16);2-5H,1H3,(H,8,9,10). The Hall–Kier alpha value is -2.67. The summed E-state index contributed by atoms with van der Waals surface area (Å²) < 4.78 is 29.6. The molecular weight excluding hydrogens is 384 g/mol. The van der Waals surface area contributed by atoms with Crippen molar-refractivity contribution in [2.24, 2.45) is 10.7 Å². The normalized spacial score (nSPS) is 11.4. The molecular formula is C20H19ClN2O3S. The minimum Gasteiger partial charge on any atom is -0.383 e. The first-order valence-corrected chi connectivity index (χ1v) is 9.77. The Morgan fingerprint density at radius 1 is 0.926 bits per heavy atom. The third-order valence-electron chi connectivity index (χ3n) is 3.46. The van der Waals surface area contributed by atoms with Crippen molar-refractivity contribution in [3.05, 3.63) is 95.0 Å². The number of nitrogens with two attached hydrogens (primary N) is 1. The lowest BCUT2D eigenvalue weighted by Crippen LogP contribution is -2.12. The van der Waals surface area contributed by atoms with Crippen LogP contribution in [-0.2, 0) is 10.1 Å². The van der Waals surface area contributed by atoms with Crippen molar-refractivity contribution in [3.8, 4) is 0 Å². The number of aryl methyl sites for hydroxylation is 1. The van der Waals surface area contributed by atoms with Crippen LogP contribution in [-0.4, -0.2) is 18.8 Å². The van der Waals surface area contributed by atoms with Gasteiger partial charge in [0.25, 0.3) is 10.1 Å². The van der Waals surface area contributed by atoms with Gasteiger partial charge in [-0.15, -0.1) is 0 Å². The summed E-state index contributed by atoms with van der Waals surface area (Å²) in [7, 11) is -4.02. The highest BCUT2D eigenvalue weighted by Crippen LogP contribution is 2.13. The lowest BCUT2D eigenvalue weighted by molar-refractivity contribution is 0.483. The number of halogens is 1. The van der Waals surface area contributed by atoms with Crippen LogP contribution in [0.4, 0.5) is 5.69 Å². The zero-order valence-corrected chi connectivity index (χ0v) is 16.2. The van der Waals surface area contributed by atoms with E-state index in [4.69, 9.17) is 21.9 Å². The number of para-hydroxylation sites is 1. The molecule has 27 heavy (non-hydrogen) atoms. The third kappa shape index (κ3) is 6.86. The van der Waals surface area contributed by atoms with Gasteiger partial charge in [0.05, 0.1) is 10.6 Å². The van der Waals surface area contributed by atoms with Crippen molar-refractivity contribution < 1.29 is 13.0 Å². The molecule has 0 heterocycles. The second kappa shape index (κ2) is 9.32. The van der Waals surface area contributed by atoms with Gasteiger partial charge in [-0.25, -0.2) is 4.99 Å². The molecule has 0 bridgehead atoms. The lowest BCUT2D eigenvalue weighted by atomic mass is 10.2. The number of aliphatic imine (C=N–C) groups is 1. The Kier molecular flexibility index (Phi) is 7.12. The van der Waals surface area contributed by atoms with Crippen LogP contribution in [0.5, 0.6) is 0 Å². The number of rotatable bonds is 3. The lowest BCUT2D eigenvalue weighted by Gasteiger charge is -2.01. The monoisotopic (exact) mass is 402 g/mol. The Labute approximate surface area is 163 Å². The van der Waals surface area contributed by atoms with E-state index in [-0.39, 0.29) is 4.90 Å². The quantitative estimate of drug-likeness (QED) is 0.380. The molecule has 0 aromatic heterocycles. The average Bonchev–Trinajstić information content (AvgIpc) is 2.63. The van der Waals surface area contributed by atoms with Gasteiger partial charge < -0.3 is 5.73 Å². The number of amidine groups is 1. The van der Waals surface area contributed by atoms with E-state index in [2.05, 4.69) is 4.99 Å². The van der Waals surface area contributed by atoms with Gasteiger partial charge in [-0.2, -0.15) is 8.42 Å². The summed E-state index contributed by atoms with van der Waals surface area (Å²) in [6, 6.07) is 22.9. The summed E-state index contributed by atoms with van der Waals surface area (Å²) in [6.07, 6.45) is 0. The first-order chi connectivity index (χ1) is 12.8. The topological polar surface area (TPSA) is 92.8 Å².